The van der Waals surface area contributed by atoms with Gasteiger partial charge in [0.2, 0.25) is 0 Å². The number of pyridine rings is 2. The second-order valence-corrected chi connectivity index (χ2v) is 9.61. The van der Waals surface area contributed by atoms with Crippen molar-refractivity contribution in [3.8, 4) is 0 Å². The number of nitrogens with zero attached hydrogens (tertiary/aromatic N) is 4. The SMILES string of the molecule is CN(C)c1ccc(C(CC(=O)O)c2nc(CCCCc3ccc4c(n3)NCCC4)cs2)cn1. The summed E-state index contributed by atoms with van der Waals surface area (Å²) in [6, 6.07) is 8.23. The number of anilines is 2. The average Bonchev–Trinajstić information content (AvgIpc) is 3.29. The molecule has 0 spiro atoms. The number of carboxylic acid groups (broad SMARTS) is 1. The van der Waals surface area contributed by atoms with Crippen molar-refractivity contribution in [1.29, 1.82) is 0 Å². The quantitative estimate of drug-likeness (QED) is 0.425. The van der Waals surface area contributed by atoms with Crippen molar-refractivity contribution in [3.05, 3.63) is 63.4 Å². The lowest BCUT2D eigenvalue weighted by atomic mass is 9.98. The van der Waals surface area contributed by atoms with Gasteiger partial charge in [-0.25, -0.2) is 15.0 Å². The van der Waals surface area contributed by atoms with Crippen molar-refractivity contribution in [1.82, 2.24) is 15.0 Å². The highest BCUT2D eigenvalue weighted by molar-refractivity contribution is 7.09. The van der Waals surface area contributed by atoms with E-state index in [-0.39, 0.29) is 12.3 Å². The maximum Gasteiger partial charge on any atom is 0.304 e. The minimum Gasteiger partial charge on any atom is -0.481 e. The molecule has 0 radical (unpaired) electrons. The van der Waals surface area contributed by atoms with Gasteiger partial charge >= 0.3 is 5.97 Å². The van der Waals surface area contributed by atoms with E-state index in [4.69, 9.17) is 9.97 Å². The van der Waals surface area contributed by atoms with Crippen LogP contribution >= 0.6 is 11.3 Å². The summed E-state index contributed by atoms with van der Waals surface area (Å²) in [5.41, 5.74) is 4.37. The van der Waals surface area contributed by atoms with Crippen LogP contribution in [0.25, 0.3) is 0 Å². The molecule has 7 nitrogen and oxygen atoms in total. The number of unbranched alkanes of at least 4 members (excludes halogenated alkanes) is 1. The zero-order valence-corrected chi connectivity index (χ0v) is 20.1. The van der Waals surface area contributed by atoms with E-state index >= 15 is 0 Å². The van der Waals surface area contributed by atoms with Crippen LogP contribution in [0.4, 0.5) is 11.6 Å². The lowest BCUT2D eigenvalue weighted by Gasteiger charge is -2.17. The van der Waals surface area contributed by atoms with Crippen LogP contribution in [0.3, 0.4) is 0 Å². The van der Waals surface area contributed by atoms with Crippen molar-refractivity contribution in [2.45, 2.75) is 50.9 Å². The molecule has 2 N–H and O–H groups in total. The first kappa shape index (κ1) is 23.2. The minimum atomic E-state index is -0.833. The van der Waals surface area contributed by atoms with Gasteiger partial charge in [-0.2, -0.15) is 0 Å². The summed E-state index contributed by atoms with van der Waals surface area (Å²) in [5, 5.41) is 15.8. The second kappa shape index (κ2) is 10.7. The first-order chi connectivity index (χ1) is 16.0. The molecule has 1 atom stereocenters. The van der Waals surface area contributed by atoms with Crippen LogP contribution in [0, 0.1) is 0 Å². The van der Waals surface area contributed by atoms with Crippen LogP contribution in [-0.2, 0) is 24.1 Å². The van der Waals surface area contributed by atoms with Crippen LogP contribution in [0.1, 0.15) is 59.1 Å². The molecule has 33 heavy (non-hydrogen) atoms. The van der Waals surface area contributed by atoms with Crippen LogP contribution in [0.5, 0.6) is 0 Å². The minimum absolute atomic E-state index is 0.00791. The fraction of sp³-hybridized carbons (Fsp3) is 0.440. The summed E-state index contributed by atoms with van der Waals surface area (Å²) in [6.07, 6.45) is 7.98. The molecule has 0 fully saturated rings. The summed E-state index contributed by atoms with van der Waals surface area (Å²) in [4.78, 5) is 27.5. The standard InChI is InChI=1S/C25H31N5O2S/c1-30(2)22-12-10-18(15-27-22)21(14-23(31)32)25-29-20(16-33-25)8-4-3-7-19-11-9-17-6-5-13-26-24(17)28-19/h9-12,15-16,21H,3-8,13-14H2,1-2H3,(H,26,28)(H,31,32). The number of aromatic nitrogens is 3. The Morgan fingerprint density at radius 2 is 1.97 bits per heavy atom. The molecule has 1 aliphatic rings. The summed E-state index contributed by atoms with van der Waals surface area (Å²) < 4.78 is 0. The zero-order valence-electron chi connectivity index (χ0n) is 19.3. The van der Waals surface area contributed by atoms with Crippen molar-refractivity contribution in [2.75, 3.05) is 30.9 Å². The molecule has 0 bridgehead atoms. The summed E-state index contributed by atoms with van der Waals surface area (Å²) in [6.45, 7) is 1.01. The van der Waals surface area contributed by atoms with Gasteiger partial charge in [-0.3, -0.25) is 4.79 Å². The van der Waals surface area contributed by atoms with Gasteiger partial charge in [0.15, 0.2) is 0 Å². The van der Waals surface area contributed by atoms with Gasteiger partial charge in [-0.1, -0.05) is 12.1 Å². The van der Waals surface area contributed by atoms with Crippen LogP contribution in [0.2, 0.25) is 0 Å². The van der Waals surface area contributed by atoms with Crippen LogP contribution < -0.4 is 10.2 Å². The van der Waals surface area contributed by atoms with Gasteiger partial charge in [0.1, 0.15) is 16.6 Å². The first-order valence-electron chi connectivity index (χ1n) is 11.5. The first-order valence-corrected chi connectivity index (χ1v) is 12.4. The molecular formula is C25H31N5O2S. The van der Waals surface area contributed by atoms with Crippen molar-refractivity contribution in [3.63, 3.8) is 0 Å². The van der Waals surface area contributed by atoms with Crippen molar-refractivity contribution < 1.29 is 9.90 Å². The molecule has 1 unspecified atom stereocenters. The Kier molecular flexibility index (Phi) is 7.54. The normalized spacial score (nSPS) is 13.8. The monoisotopic (exact) mass is 465 g/mol. The summed E-state index contributed by atoms with van der Waals surface area (Å²) in [7, 11) is 3.87. The Hall–Kier alpha value is -3.00. The van der Waals surface area contributed by atoms with E-state index in [2.05, 4.69) is 27.8 Å². The average molecular weight is 466 g/mol. The Morgan fingerprint density at radius 3 is 2.70 bits per heavy atom. The number of rotatable bonds is 10. The number of carboxylic acids is 1. The lowest BCUT2D eigenvalue weighted by Crippen LogP contribution is -2.14. The van der Waals surface area contributed by atoms with E-state index in [0.29, 0.717) is 0 Å². The van der Waals surface area contributed by atoms with Gasteiger partial charge in [0.25, 0.3) is 0 Å². The maximum absolute atomic E-state index is 11.5. The van der Waals surface area contributed by atoms with Gasteiger partial charge in [0, 0.05) is 43.8 Å². The number of hydrogen-bond donors (Lipinski definition) is 2. The lowest BCUT2D eigenvalue weighted by molar-refractivity contribution is -0.137. The Labute approximate surface area is 198 Å². The van der Waals surface area contributed by atoms with E-state index < -0.39 is 5.97 Å². The highest BCUT2D eigenvalue weighted by Crippen LogP contribution is 2.31. The molecule has 3 aromatic rings. The number of aliphatic carboxylic acids is 1. The molecular weight excluding hydrogens is 434 g/mol. The van der Waals surface area contributed by atoms with Gasteiger partial charge in [0.05, 0.1) is 12.1 Å². The van der Waals surface area contributed by atoms with Crippen molar-refractivity contribution in [2.24, 2.45) is 0 Å². The molecule has 0 saturated carbocycles. The molecule has 174 valence electrons. The highest BCUT2D eigenvalue weighted by atomic mass is 32.1. The fourth-order valence-corrected chi connectivity index (χ4v) is 5.09. The molecule has 8 heteroatoms. The topological polar surface area (TPSA) is 91.2 Å². The fourth-order valence-electron chi connectivity index (χ4n) is 4.11. The Bertz CT molecular complexity index is 1080. The van der Waals surface area contributed by atoms with E-state index in [1.807, 2.05) is 31.1 Å². The number of hydrogen-bond acceptors (Lipinski definition) is 7. The molecule has 0 amide bonds. The second-order valence-electron chi connectivity index (χ2n) is 8.72. The van der Waals surface area contributed by atoms with Gasteiger partial charge < -0.3 is 15.3 Å². The van der Waals surface area contributed by atoms with Gasteiger partial charge in [-0.05, 0) is 61.8 Å². The largest absolute Gasteiger partial charge is 0.481 e. The van der Waals surface area contributed by atoms with E-state index in [1.165, 1.54) is 12.0 Å². The van der Waals surface area contributed by atoms with Gasteiger partial charge in [-0.15, -0.1) is 11.3 Å². The smallest absolute Gasteiger partial charge is 0.304 e. The zero-order chi connectivity index (χ0) is 23.2. The third kappa shape index (κ3) is 6.07. The summed E-state index contributed by atoms with van der Waals surface area (Å²) in [5.74, 6) is 0.787. The molecule has 4 rings (SSSR count). The van der Waals surface area contributed by atoms with E-state index in [0.717, 1.165) is 72.2 Å². The number of fused-ring (bicyclic) bond motifs is 1. The third-order valence-electron chi connectivity index (χ3n) is 5.95. The third-order valence-corrected chi connectivity index (χ3v) is 6.95. The van der Waals surface area contributed by atoms with E-state index in [9.17, 15) is 9.90 Å². The molecule has 0 saturated heterocycles. The number of aryl methyl sites for hydroxylation is 3. The maximum atomic E-state index is 11.5. The number of thiazole rings is 1. The number of nitrogens with one attached hydrogen (secondary N) is 1. The highest BCUT2D eigenvalue weighted by Gasteiger charge is 2.22. The van der Waals surface area contributed by atoms with Crippen molar-refractivity contribution >= 4 is 28.9 Å². The van der Waals surface area contributed by atoms with Crippen LogP contribution in [0.15, 0.2) is 35.8 Å². The number of carbonyl (C=O) groups is 1. The Balaban J connectivity index is 1.34. The molecule has 0 aliphatic carbocycles. The molecule has 0 aromatic carbocycles. The predicted octanol–water partition coefficient (Wildman–Crippen LogP) is 4.53. The predicted molar refractivity (Wildman–Crippen MR) is 132 cm³/mol. The molecule has 4 heterocycles. The Morgan fingerprint density at radius 1 is 1.15 bits per heavy atom. The van der Waals surface area contributed by atoms with Crippen LogP contribution in [-0.4, -0.2) is 46.7 Å². The molecule has 3 aromatic heterocycles. The summed E-state index contributed by atoms with van der Waals surface area (Å²) >= 11 is 1.54. The molecule has 1 aliphatic heterocycles. The van der Waals surface area contributed by atoms with E-state index in [1.54, 1.807) is 17.5 Å².